The molecule has 108 valence electrons. The zero-order valence-corrected chi connectivity index (χ0v) is 11.7. The molecule has 1 fully saturated rings. The summed E-state index contributed by atoms with van der Waals surface area (Å²) in [6.45, 7) is 2.38. The number of hydrogen-bond acceptors (Lipinski definition) is 3. The number of carbonyl (C=O) groups is 1. The molecule has 0 aliphatic carbocycles. The molecule has 4 rings (SSSR count). The summed E-state index contributed by atoms with van der Waals surface area (Å²) < 4.78 is 10.5. The molecule has 0 unspecified atom stereocenters. The van der Waals surface area contributed by atoms with Crippen molar-refractivity contribution in [1.82, 2.24) is 4.90 Å². The van der Waals surface area contributed by atoms with E-state index in [0.717, 1.165) is 38.3 Å². The van der Waals surface area contributed by atoms with Gasteiger partial charge in [-0.3, -0.25) is 4.79 Å². The van der Waals surface area contributed by atoms with Crippen molar-refractivity contribution in [3.63, 3.8) is 0 Å². The Balaban J connectivity index is 1.50. The van der Waals surface area contributed by atoms with Crippen LogP contribution in [-0.2, 0) is 6.42 Å². The third-order valence-electron chi connectivity index (χ3n) is 4.43. The number of fused-ring (bicyclic) bond motifs is 1. The van der Waals surface area contributed by atoms with Crippen LogP contribution in [0.3, 0.4) is 0 Å². The van der Waals surface area contributed by atoms with Crippen LogP contribution in [0.5, 0.6) is 5.75 Å². The minimum atomic E-state index is 0.0655. The van der Waals surface area contributed by atoms with Crippen LogP contribution >= 0.6 is 0 Å². The standard InChI is InChI=1S/C17H17NO3/c19-17(15-4-7-20-11-15)18-6-3-14(10-18)12-1-2-16-13(9-12)5-8-21-16/h1-2,4,7,9,11,14H,3,5-6,8,10H2/t14-/m0/s1. The second-order valence-electron chi connectivity index (χ2n) is 5.71. The number of carbonyl (C=O) groups excluding carboxylic acids is 1. The van der Waals surface area contributed by atoms with Crippen molar-refractivity contribution < 1.29 is 13.9 Å². The minimum absolute atomic E-state index is 0.0655. The Morgan fingerprint density at radius 2 is 2.24 bits per heavy atom. The molecule has 0 spiro atoms. The highest BCUT2D eigenvalue weighted by atomic mass is 16.5. The summed E-state index contributed by atoms with van der Waals surface area (Å²) in [5.41, 5.74) is 3.26. The first-order valence-corrected chi connectivity index (χ1v) is 7.38. The van der Waals surface area contributed by atoms with E-state index >= 15 is 0 Å². The van der Waals surface area contributed by atoms with Crippen LogP contribution in [0.25, 0.3) is 0 Å². The maximum absolute atomic E-state index is 12.3. The van der Waals surface area contributed by atoms with Gasteiger partial charge in [-0.1, -0.05) is 12.1 Å². The Labute approximate surface area is 123 Å². The predicted molar refractivity (Wildman–Crippen MR) is 77.6 cm³/mol. The molecule has 2 aliphatic rings. The lowest BCUT2D eigenvalue weighted by atomic mass is 9.96. The number of benzene rings is 1. The van der Waals surface area contributed by atoms with Crippen molar-refractivity contribution in [2.75, 3.05) is 19.7 Å². The highest BCUT2D eigenvalue weighted by Crippen LogP contribution is 2.33. The molecule has 2 aromatic rings. The molecular weight excluding hydrogens is 266 g/mol. The molecule has 4 nitrogen and oxygen atoms in total. The summed E-state index contributed by atoms with van der Waals surface area (Å²) in [5, 5.41) is 0. The van der Waals surface area contributed by atoms with Gasteiger partial charge in [0.05, 0.1) is 18.4 Å². The van der Waals surface area contributed by atoms with Gasteiger partial charge in [-0.2, -0.15) is 0 Å². The smallest absolute Gasteiger partial charge is 0.257 e. The molecule has 1 amide bonds. The van der Waals surface area contributed by atoms with Gasteiger partial charge in [-0.05, 0) is 29.7 Å². The predicted octanol–water partition coefficient (Wildman–Crippen LogP) is 2.84. The fourth-order valence-corrected chi connectivity index (χ4v) is 3.25. The van der Waals surface area contributed by atoms with Crippen LogP contribution in [0.2, 0.25) is 0 Å². The van der Waals surface area contributed by atoms with E-state index in [1.165, 1.54) is 17.4 Å². The fraction of sp³-hybridized carbons (Fsp3) is 0.353. The van der Waals surface area contributed by atoms with Gasteiger partial charge in [0.1, 0.15) is 12.0 Å². The van der Waals surface area contributed by atoms with Gasteiger partial charge in [-0.25, -0.2) is 0 Å². The van der Waals surface area contributed by atoms with Crippen molar-refractivity contribution >= 4 is 5.91 Å². The van der Waals surface area contributed by atoms with E-state index in [1.807, 2.05) is 4.90 Å². The van der Waals surface area contributed by atoms with E-state index in [4.69, 9.17) is 9.15 Å². The van der Waals surface area contributed by atoms with Crippen molar-refractivity contribution in [3.05, 3.63) is 53.5 Å². The lowest BCUT2D eigenvalue weighted by molar-refractivity contribution is 0.0790. The van der Waals surface area contributed by atoms with Crippen molar-refractivity contribution in [2.45, 2.75) is 18.8 Å². The van der Waals surface area contributed by atoms with Crippen molar-refractivity contribution in [2.24, 2.45) is 0 Å². The van der Waals surface area contributed by atoms with Crippen LogP contribution in [0.1, 0.15) is 33.8 Å². The van der Waals surface area contributed by atoms with Crippen LogP contribution in [0, 0.1) is 0 Å². The van der Waals surface area contributed by atoms with E-state index < -0.39 is 0 Å². The maximum Gasteiger partial charge on any atom is 0.257 e. The normalized spacial score (nSPS) is 20.4. The van der Waals surface area contributed by atoms with Gasteiger partial charge in [-0.15, -0.1) is 0 Å². The first kappa shape index (κ1) is 12.5. The SMILES string of the molecule is O=C(c1ccoc1)N1CC[C@H](c2ccc3c(c2)CCO3)C1. The quantitative estimate of drug-likeness (QED) is 0.851. The number of likely N-dealkylation sites (tertiary alicyclic amines) is 1. The molecule has 3 heterocycles. The molecule has 0 saturated carbocycles. The Bertz CT molecular complexity index is 663. The maximum atomic E-state index is 12.3. The summed E-state index contributed by atoms with van der Waals surface area (Å²) >= 11 is 0. The number of rotatable bonds is 2. The molecule has 1 aromatic carbocycles. The average Bonchev–Trinajstić information content (AvgIpc) is 3.25. The number of ether oxygens (including phenoxy) is 1. The van der Waals surface area contributed by atoms with Crippen molar-refractivity contribution in [3.8, 4) is 5.75 Å². The Hall–Kier alpha value is -2.23. The third kappa shape index (κ3) is 2.20. The van der Waals surface area contributed by atoms with E-state index in [-0.39, 0.29) is 5.91 Å². The lowest BCUT2D eigenvalue weighted by Crippen LogP contribution is -2.28. The number of hydrogen-bond donors (Lipinski definition) is 0. The molecular formula is C17H17NO3. The van der Waals surface area contributed by atoms with Gasteiger partial charge in [0, 0.05) is 25.4 Å². The first-order valence-electron chi connectivity index (χ1n) is 7.38. The monoisotopic (exact) mass is 283 g/mol. The van der Waals surface area contributed by atoms with E-state index in [1.54, 1.807) is 12.3 Å². The molecule has 2 aliphatic heterocycles. The molecule has 1 atom stereocenters. The van der Waals surface area contributed by atoms with Crippen LogP contribution in [0.15, 0.2) is 41.2 Å². The topological polar surface area (TPSA) is 42.7 Å². The first-order chi connectivity index (χ1) is 10.3. The van der Waals surface area contributed by atoms with Crippen LogP contribution in [-0.4, -0.2) is 30.5 Å². The highest BCUT2D eigenvalue weighted by molar-refractivity contribution is 5.94. The Morgan fingerprint density at radius 3 is 3.10 bits per heavy atom. The molecule has 4 heteroatoms. The zero-order valence-electron chi connectivity index (χ0n) is 11.7. The summed E-state index contributed by atoms with van der Waals surface area (Å²) in [6.07, 6.45) is 5.07. The highest BCUT2D eigenvalue weighted by Gasteiger charge is 2.29. The third-order valence-corrected chi connectivity index (χ3v) is 4.43. The van der Waals surface area contributed by atoms with E-state index in [9.17, 15) is 4.79 Å². The van der Waals surface area contributed by atoms with Crippen LogP contribution < -0.4 is 4.74 Å². The van der Waals surface area contributed by atoms with E-state index in [0.29, 0.717) is 11.5 Å². The van der Waals surface area contributed by atoms with Gasteiger partial charge in [0.25, 0.3) is 5.91 Å². The van der Waals surface area contributed by atoms with Crippen molar-refractivity contribution in [1.29, 1.82) is 0 Å². The summed E-state index contributed by atoms with van der Waals surface area (Å²) in [4.78, 5) is 14.2. The van der Waals surface area contributed by atoms with E-state index in [2.05, 4.69) is 18.2 Å². The molecule has 0 radical (unpaired) electrons. The molecule has 1 aromatic heterocycles. The second-order valence-corrected chi connectivity index (χ2v) is 5.71. The summed E-state index contributed by atoms with van der Waals surface area (Å²) in [6, 6.07) is 8.18. The summed E-state index contributed by atoms with van der Waals surface area (Å²) in [5.74, 6) is 1.51. The average molecular weight is 283 g/mol. The number of nitrogens with zero attached hydrogens (tertiary/aromatic N) is 1. The Morgan fingerprint density at radius 1 is 1.29 bits per heavy atom. The van der Waals surface area contributed by atoms with Crippen LogP contribution in [0.4, 0.5) is 0 Å². The fourth-order valence-electron chi connectivity index (χ4n) is 3.25. The molecule has 1 saturated heterocycles. The number of furan rings is 1. The molecule has 21 heavy (non-hydrogen) atoms. The largest absolute Gasteiger partial charge is 0.493 e. The van der Waals surface area contributed by atoms with Gasteiger partial charge >= 0.3 is 0 Å². The van der Waals surface area contributed by atoms with Gasteiger partial charge in [0.2, 0.25) is 0 Å². The minimum Gasteiger partial charge on any atom is -0.493 e. The second kappa shape index (κ2) is 4.95. The lowest BCUT2D eigenvalue weighted by Gasteiger charge is -2.16. The molecule has 0 N–H and O–H groups in total. The molecule has 0 bridgehead atoms. The van der Waals surface area contributed by atoms with Gasteiger partial charge in [0.15, 0.2) is 0 Å². The van der Waals surface area contributed by atoms with Gasteiger partial charge < -0.3 is 14.1 Å². The number of amides is 1. The Kier molecular flexibility index (Phi) is 2.95. The summed E-state index contributed by atoms with van der Waals surface area (Å²) in [7, 11) is 0. The zero-order chi connectivity index (χ0) is 14.2.